The van der Waals surface area contributed by atoms with E-state index in [4.69, 9.17) is 0 Å². The van der Waals surface area contributed by atoms with Gasteiger partial charge in [0.2, 0.25) is 0 Å². The number of aliphatic hydroxyl groups excluding tert-OH is 1. The van der Waals surface area contributed by atoms with Crippen molar-refractivity contribution < 1.29 is 5.11 Å². The molecular formula is C21H23N3OS. The van der Waals surface area contributed by atoms with Crippen LogP contribution in [0.15, 0.2) is 65.6 Å². The normalized spacial score (nSPS) is 15.6. The number of thioether (sulfide) groups is 1. The van der Waals surface area contributed by atoms with Crippen molar-refractivity contribution in [2.24, 2.45) is 0 Å². The minimum Gasteiger partial charge on any atom is -0.382 e. The lowest BCUT2D eigenvalue weighted by atomic mass is 10.1. The first-order valence-corrected chi connectivity index (χ1v) is 10.1. The molecule has 0 spiro atoms. The fourth-order valence-corrected chi connectivity index (χ4v) is 4.10. The van der Waals surface area contributed by atoms with Crippen molar-refractivity contribution in [3.05, 3.63) is 83.2 Å². The summed E-state index contributed by atoms with van der Waals surface area (Å²) in [7, 11) is 0. The Bertz CT molecular complexity index is 878. The SMILES string of the molecule is CSc1ccccc1CN1CCn2nc([C@@H](O)c3ccccc3)cc2C1. The van der Waals surface area contributed by atoms with Crippen LogP contribution in [-0.4, -0.2) is 32.6 Å². The summed E-state index contributed by atoms with van der Waals surface area (Å²) in [6, 6.07) is 20.4. The molecule has 26 heavy (non-hydrogen) atoms. The minimum absolute atomic E-state index is 0.667. The minimum atomic E-state index is -0.667. The molecule has 0 bridgehead atoms. The number of aliphatic hydroxyl groups is 1. The highest BCUT2D eigenvalue weighted by atomic mass is 32.2. The Morgan fingerprint density at radius 3 is 2.65 bits per heavy atom. The van der Waals surface area contributed by atoms with Gasteiger partial charge >= 0.3 is 0 Å². The van der Waals surface area contributed by atoms with E-state index in [2.05, 4.69) is 40.5 Å². The summed E-state index contributed by atoms with van der Waals surface area (Å²) in [5.41, 5.74) is 4.16. The molecule has 1 aliphatic rings. The maximum Gasteiger partial charge on any atom is 0.123 e. The van der Waals surface area contributed by atoms with Gasteiger partial charge in [0.05, 0.1) is 17.9 Å². The second kappa shape index (κ2) is 7.66. The summed E-state index contributed by atoms with van der Waals surface area (Å²) in [5.74, 6) is 0. The van der Waals surface area contributed by atoms with Gasteiger partial charge in [-0.3, -0.25) is 9.58 Å². The average Bonchev–Trinajstić information content (AvgIpc) is 3.12. The summed E-state index contributed by atoms with van der Waals surface area (Å²) < 4.78 is 2.04. The van der Waals surface area contributed by atoms with Crippen LogP contribution in [0, 0.1) is 0 Å². The van der Waals surface area contributed by atoms with Gasteiger partial charge in [-0.1, -0.05) is 48.5 Å². The van der Waals surface area contributed by atoms with Crippen molar-refractivity contribution in [3.8, 4) is 0 Å². The van der Waals surface area contributed by atoms with E-state index in [1.54, 1.807) is 11.8 Å². The Morgan fingerprint density at radius 2 is 1.85 bits per heavy atom. The van der Waals surface area contributed by atoms with Crippen LogP contribution in [0.4, 0.5) is 0 Å². The standard InChI is InChI=1S/C21H23N3OS/c1-26-20-10-6-5-9-17(20)14-23-11-12-24-18(15-23)13-19(22-24)21(25)16-7-3-2-4-8-16/h2-10,13,21,25H,11-12,14-15H2,1H3/t21-/m0/s1. The number of hydrogen-bond donors (Lipinski definition) is 1. The number of rotatable bonds is 5. The molecule has 2 aromatic carbocycles. The highest BCUT2D eigenvalue weighted by molar-refractivity contribution is 7.98. The molecule has 0 unspecified atom stereocenters. The summed E-state index contributed by atoms with van der Waals surface area (Å²) in [4.78, 5) is 3.79. The molecule has 2 heterocycles. The molecule has 0 saturated heterocycles. The molecule has 0 saturated carbocycles. The predicted octanol–water partition coefficient (Wildman–Crippen LogP) is 3.70. The number of hydrogen-bond acceptors (Lipinski definition) is 4. The molecular weight excluding hydrogens is 342 g/mol. The van der Waals surface area contributed by atoms with Crippen molar-refractivity contribution in [2.45, 2.75) is 30.6 Å². The lowest BCUT2D eigenvalue weighted by molar-refractivity contribution is 0.199. The van der Waals surface area contributed by atoms with Crippen molar-refractivity contribution in [1.29, 1.82) is 0 Å². The van der Waals surface area contributed by atoms with Gasteiger partial charge in [0.25, 0.3) is 0 Å². The molecule has 0 fully saturated rings. The van der Waals surface area contributed by atoms with Crippen LogP contribution in [0.5, 0.6) is 0 Å². The summed E-state index contributed by atoms with van der Waals surface area (Å²) >= 11 is 1.80. The zero-order valence-corrected chi connectivity index (χ0v) is 15.7. The number of fused-ring (bicyclic) bond motifs is 1. The molecule has 1 N–H and O–H groups in total. The molecule has 134 valence electrons. The quantitative estimate of drug-likeness (QED) is 0.700. The van der Waals surface area contributed by atoms with Crippen LogP contribution < -0.4 is 0 Å². The van der Waals surface area contributed by atoms with Gasteiger partial charge in [0.1, 0.15) is 6.10 Å². The van der Waals surface area contributed by atoms with Crippen molar-refractivity contribution in [3.63, 3.8) is 0 Å². The maximum absolute atomic E-state index is 10.6. The van der Waals surface area contributed by atoms with Gasteiger partial charge in [-0.2, -0.15) is 5.10 Å². The monoisotopic (exact) mass is 365 g/mol. The van der Waals surface area contributed by atoms with Crippen LogP contribution in [0.2, 0.25) is 0 Å². The topological polar surface area (TPSA) is 41.3 Å². The van der Waals surface area contributed by atoms with Gasteiger partial charge in [0, 0.05) is 24.5 Å². The Hall–Kier alpha value is -2.08. The third-order valence-corrected chi connectivity index (χ3v) is 5.72. The molecule has 0 amide bonds. The zero-order chi connectivity index (χ0) is 17.9. The first-order chi connectivity index (χ1) is 12.7. The second-order valence-corrected chi connectivity index (χ2v) is 7.47. The third kappa shape index (κ3) is 3.56. The molecule has 1 atom stereocenters. The van der Waals surface area contributed by atoms with Crippen LogP contribution in [0.3, 0.4) is 0 Å². The molecule has 1 aliphatic heterocycles. The van der Waals surface area contributed by atoms with Gasteiger partial charge in [-0.25, -0.2) is 0 Å². The van der Waals surface area contributed by atoms with Crippen LogP contribution in [0.1, 0.15) is 28.6 Å². The highest BCUT2D eigenvalue weighted by Crippen LogP contribution is 2.26. The van der Waals surface area contributed by atoms with E-state index < -0.39 is 6.10 Å². The molecule has 1 aromatic heterocycles. The molecule has 0 radical (unpaired) electrons. The molecule has 3 aromatic rings. The summed E-state index contributed by atoms with van der Waals surface area (Å²) in [6.07, 6.45) is 1.46. The number of benzene rings is 2. The van der Waals surface area contributed by atoms with Crippen molar-refractivity contribution in [2.75, 3.05) is 12.8 Å². The van der Waals surface area contributed by atoms with E-state index in [1.165, 1.54) is 16.2 Å². The molecule has 4 rings (SSSR count). The van der Waals surface area contributed by atoms with Crippen molar-refractivity contribution >= 4 is 11.8 Å². The van der Waals surface area contributed by atoms with E-state index in [0.717, 1.165) is 37.4 Å². The van der Waals surface area contributed by atoms with E-state index in [-0.39, 0.29) is 0 Å². The van der Waals surface area contributed by atoms with Crippen LogP contribution in [0.25, 0.3) is 0 Å². The summed E-state index contributed by atoms with van der Waals surface area (Å²) in [5, 5.41) is 15.3. The summed E-state index contributed by atoms with van der Waals surface area (Å²) in [6.45, 7) is 3.63. The fraction of sp³-hybridized carbons (Fsp3) is 0.286. The van der Waals surface area contributed by atoms with Crippen molar-refractivity contribution in [1.82, 2.24) is 14.7 Å². The Labute approximate surface area is 158 Å². The van der Waals surface area contributed by atoms with E-state index in [0.29, 0.717) is 0 Å². The van der Waals surface area contributed by atoms with Crippen LogP contribution in [-0.2, 0) is 19.6 Å². The number of aromatic nitrogens is 2. The van der Waals surface area contributed by atoms with Gasteiger partial charge < -0.3 is 5.11 Å². The van der Waals surface area contributed by atoms with Crippen LogP contribution >= 0.6 is 11.8 Å². The Kier molecular flexibility index (Phi) is 5.11. The molecule has 0 aliphatic carbocycles. The highest BCUT2D eigenvalue weighted by Gasteiger charge is 2.22. The lowest BCUT2D eigenvalue weighted by Gasteiger charge is -2.28. The second-order valence-electron chi connectivity index (χ2n) is 6.62. The Balaban J connectivity index is 1.50. The maximum atomic E-state index is 10.6. The Morgan fingerprint density at radius 1 is 1.08 bits per heavy atom. The molecule has 5 heteroatoms. The first kappa shape index (κ1) is 17.3. The zero-order valence-electron chi connectivity index (χ0n) is 14.9. The number of nitrogens with zero attached hydrogens (tertiary/aromatic N) is 3. The smallest absolute Gasteiger partial charge is 0.123 e. The lowest BCUT2D eigenvalue weighted by Crippen LogP contribution is -2.33. The van der Waals surface area contributed by atoms with E-state index >= 15 is 0 Å². The fourth-order valence-electron chi connectivity index (χ4n) is 3.49. The third-order valence-electron chi connectivity index (χ3n) is 4.88. The van der Waals surface area contributed by atoms with Gasteiger partial charge in [-0.15, -0.1) is 11.8 Å². The predicted molar refractivity (Wildman–Crippen MR) is 105 cm³/mol. The van der Waals surface area contributed by atoms with E-state index in [9.17, 15) is 5.11 Å². The largest absolute Gasteiger partial charge is 0.382 e. The van der Waals surface area contributed by atoms with Gasteiger partial charge in [0.15, 0.2) is 0 Å². The van der Waals surface area contributed by atoms with E-state index in [1.807, 2.05) is 41.1 Å². The van der Waals surface area contributed by atoms with Gasteiger partial charge in [-0.05, 0) is 29.5 Å². The average molecular weight is 366 g/mol. The first-order valence-electron chi connectivity index (χ1n) is 8.88. The molecule has 4 nitrogen and oxygen atoms in total.